The van der Waals surface area contributed by atoms with Gasteiger partial charge in [-0.25, -0.2) is 9.18 Å². The summed E-state index contributed by atoms with van der Waals surface area (Å²) in [5.41, 5.74) is 5.86. The number of nitrogens with zero attached hydrogens (tertiary/aromatic N) is 2. The zero-order valence-corrected chi connectivity index (χ0v) is 12.1. The average Bonchev–Trinajstić information content (AvgIpc) is 2.83. The van der Waals surface area contributed by atoms with Crippen LogP contribution in [0.5, 0.6) is 0 Å². The van der Waals surface area contributed by atoms with Crippen LogP contribution in [0.25, 0.3) is 0 Å². The number of halogens is 1. The van der Waals surface area contributed by atoms with Crippen LogP contribution in [0.3, 0.4) is 0 Å². The molecule has 1 amide bonds. The number of esters is 1. The van der Waals surface area contributed by atoms with Gasteiger partial charge in [-0.3, -0.25) is 9.48 Å². The summed E-state index contributed by atoms with van der Waals surface area (Å²) in [6, 6.07) is 3.46. The summed E-state index contributed by atoms with van der Waals surface area (Å²) in [5, 5.41) is 6.40. The minimum atomic E-state index is -0.647. The molecule has 2 aromatic rings. The van der Waals surface area contributed by atoms with Crippen molar-refractivity contribution in [1.29, 1.82) is 0 Å². The lowest BCUT2D eigenvalue weighted by molar-refractivity contribution is 0.0527. The van der Waals surface area contributed by atoms with Gasteiger partial charge in [-0.05, 0) is 25.1 Å². The summed E-state index contributed by atoms with van der Waals surface area (Å²) in [4.78, 5) is 24.0. The summed E-state index contributed by atoms with van der Waals surface area (Å²) in [5.74, 6) is -1.70. The second kappa shape index (κ2) is 6.25. The third-order valence-corrected chi connectivity index (χ3v) is 2.93. The molecule has 0 aliphatic carbocycles. The van der Waals surface area contributed by atoms with E-state index in [1.807, 2.05) is 0 Å². The minimum Gasteiger partial charge on any atom is -0.462 e. The van der Waals surface area contributed by atoms with Crippen molar-refractivity contribution in [2.45, 2.75) is 6.92 Å². The number of nitrogen functional groups attached to an aromatic ring is 1. The molecule has 3 N–H and O–H groups in total. The highest BCUT2D eigenvalue weighted by Crippen LogP contribution is 2.19. The number of hydrogen-bond acceptors (Lipinski definition) is 5. The van der Waals surface area contributed by atoms with E-state index in [9.17, 15) is 14.0 Å². The standard InChI is InChI=1S/C14H15FN4O3/c1-3-22-14(21)10-7-17-19(2)12(10)18-13(20)9-6-8(15)4-5-11(9)16/h4-7H,3,16H2,1-2H3,(H,18,20). The van der Waals surface area contributed by atoms with Crippen molar-refractivity contribution in [3.8, 4) is 0 Å². The maximum Gasteiger partial charge on any atom is 0.343 e. The molecule has 1 aromatic heterocycles. The number of nitrogens with one attached hydrogen (secondary N) is 1. The highest BCUT2D eigenvalue weighted by Gasteiger charge is 2.20. The zero-order valence-electron chi connectivity index (χ0n) is 12.1. The molecule has 0 saturated carbocycles. The summed E-state index contributed by atoms with van der Waals surface area (Å²) >= 11 is 0. The molecule has 0 fully saturated rings. The Morgan fingerprint density at radius 3 is 2.82 bits per heavy atom. The Balaban J connectivity index is 2.31. The van der Waals surface area contributed by atoms with Gasteiger partial charge < -0.3 is 15.8 Å². The molecule has 1 heterocycles. The van der Waals surface area contributed by atoms with Gasteiger partial charge in [0.2, 0.25) is 0 Å². The molecular weight excluding hydrogens is 291 g/mol. The second-order valence-electron chi connectivity index (χ2n) is 4.44. The SMILES string of the molecule is CCOC(=O)c1cnn(C)c1NC(=O)c1cc(F)ccc1N. The van der Waals surface area contributed by atoms with E-state index in [1.54, 1.807) is 14.0 Å². The fourth-order valence-corrected chi connectivity index (χ4v) is 1.84. The van der Waals surface area contributed by atoms with Crippen molar-refractivity contribution in [2.75, 3.05) is 17.7 Å². The van der Waals surface area contributed by atoms with Gasteiger partial charge in [0.15, 0.2) is 0 Å². The molecule has 0 unspecified atom stereocenters. The number of anilines is 2. The lowest BCUT2D eigenvalue weighted by Crippen LogP contribution is -2.19. The molecule has 0 radical (unpaired) electrons. The number of amides is 1. The summed E-state index contributed by atoms with van der Waals surface area (Å²) in [6.45, 7) is 1.86. The largest absolute Gasteiger partial charge is 0.462 e. The van der Waals surface area contributed by atoms with Crippen LogP contribution in [0.15, 0.2) is 24.4 Å². The average molecular weight is 306 g/mol. The van der Waals surface area contributed by atoms with E-state index in [0.29, 0.717) is 0 Å². The van der Waals surface area contributed by atoms with Crippen molar-refractivity contribution in [2.24, 2.45) is 7.05 Å². The first-order valence-corrected chi connectivity index (χ1v) is 6.49. The van der Waals surface area contributed by atoms with E-state index in [-0.39, 0.29) is 29.2 Å². The van der Waals surface area contributed by atoms with Crippen molar-refractivity contribution in [1.82, 2.24) is 9.78 Å². The molecule has 116 valence electrons. The molecule has 2 rings (SSSR count). The Morgan fingerprint density at radius 1 is 1.41 bits per heavy atom. The van der Waals surface area contributed by atoms with Crippen LogP contribution in [0.1, 0.15) is 27.6 Å². The van der Waals surface area contributed by atoms with Crippen LogP contribution in [-0.2, 0) is 11.8 Å². The maximum atomic E-state index is 13.2. The van der Waals surface area contributed by atoms with Crippen molar-refractivity contribution in [3.63, 3.8) is 0 Å². The van der Waals surface area contributed by atoms with Gasteiger partial charge in [0.1, 0.15) is 17.2 Å². The molecule has 0 saturated heterocycles. The molecule has 0 aliphatic rings. The predicted octanol–water partition coefficient (Wildman–Crippen LogP) is 1.57. The third-order valence-electron chi connectivity index (χ3n) is 2.93. The highest BCUT2D eigenvalue weighted by molar-refractivity contribution is 6.09. The number of carbonyl (C=O) groups excluding carboxylic acids is 2. The van der Waals surface area contributed by atoms with Crippen molar-refractivity contribution < 1.29 is 18.7 Å². The number of carbonyl (C=O) groups is 2. The number of rotatable bonds is 4. The Hall–Kier alpha value is -2.90. The first kappa shape index (κ1) is 15.5. The van der Waals surface area contributed by atoms with E-state index >= 15 is 0 Å². The summed E-state index contributed by atoms with van der Waals surface area (Å²) < 4.78 is 19.4. The molecule has 8 heteroatoms. The van der Waals surface area contributed by atoms with Crippen molar-refractivity contribution in [3.05, 3.63) is 41.3 Å². The van der Waals surface area contributed by atoms with E-state index in [2.05, 4.69) is 10.4 Å². The summed E-state index contributed by atoms with van der Waals surface area (Å²) in [6.07, 6.45) is 1.28. The van der Waals surface area contributed by atoms with Crippen LogP contribution >= 0.6 is 0 Å². The van der Waals surface area contributed by atoms with Crippen LogP contribution in [-0.4, -0.2) is 28.3 Å². The van der Waals surface area contributed by atoms with E-state index in [0.717, 1.165) is 12.1 Å². The topological polar surface area (TPSA) is 99.2 Å². The molecule has 1 aromatic carbocycles. The van der Waals surface area contributed by atoms with Crippen LogP contribution in [0, 0.1) is 5.82 Å². The van der Waals surface area contributed by atoms with Crippen LogP contribution < -0.4 is 11.1 Å². The molecule has 0 spiro atoms. The number of hydrogen-bond donors (Lipinski definition) is 2. The number of ether oxygens (including phenoxy) is 1. The number of nitrogens with two attached hydrogens (primary N) is 1. The van der Waals surface area contributed by atoms with Crippen LogP contribution in [0.2, 0.25) is 0 Å². The first-order chi connectivity index (χ1) is 10.4. The van der Waals surface area contributed by atoms with Gasteiger partial charge >= 0.3 is 5.97 Å². The quantitative estimate of drug-likeness (QED) is 0.660. The maximum absolute atomic E-state index is 13.2. The van der Waals surface area contributed by atoms with Crippen molar-refractivity contribution >= 4 is 23.4 Å². The van der Waals surface area contributed by atoms with E-state index in [4.69, 9.17) is 10.5 Å². The minimum absolute atomic E-state index is 0.0315. The lowest BCUT2D eigenvalue weighted by Gasteiger charge is -2.09. The van der Waals surface area contributed by atoms with E-state index in [1.165, 1.54) is 16.9 Å². The smallest absolute Gasteiger partial charge is 0.343 e. The lowest BCUT2D eigenvalue weighted by atomic mass is 10.1. The van der Waals surface area contributed by atoms with E-state index < -0.39 is 17.7 Å². The fraction of sp³-hybridized carbons (Fsp3) is 0.214. The second-order valence-corrected chi connectivity index (χ2v) is 4.44. The molecule has 22 heavy (non-hydrogen) atoms. The Morgan fingerprint density at radius 2 is 2.14 bits per heavy atom. The molecule has 0 bridgehead atoms. The van der Waals surface area contributed by atoms with Gasteiger partial charge in [0.05, 0.1) is 18.4 Å². The third kappa shape index (κ3) is 3.05. The van der Waals surface area contributed by atoms with Gasteiger partial charge in [-0.2, -0.15) is 5.10 Å². The molecular formula is C14H15FN4O3. The number of aryl methyl sites for hydroxylation is 1. The summed E-state index contributed by atoms with van der Waals surface area (Å²) in [7, 11) is 1.55. The number of benzene rings is 1. The zero-order chi connectivity index (χ0) is 16.3. The van der Waals surface area contributed by atoms with Gasteiger partial charge in [-0.15, -0.1) is 0 Å². The number of aromatic nitrogens is 2. The fourth-order valence-electron chi connectivity index (χ4n) is 1.84. The monoisotopic (exact) mass is 306 g/mol. The Kier molecular flexibility index (Phi) is 4.40. The van der Waals surface area contributed by atoms with Gasteiger partial charge in [0.25, 0.3) is 5.91 Å². The molecule has 0 atom stereocenters. The van der Waals surface area contributed by atoms with Gasteiger partial charge in [0, 0.05) is 12.7 Å². The Bertz CT molecular complexity index is 727. The first-order valence-electron chi connectivity index (χ1n) is 6.49. The molecule has 0 aliphatic heterocycles. The highest BCUT2D eigenvalue weighted by atomic mass is 19.1. The normalized spacial score (nSPS) is 10.3. The predicted molar refractivity (Wildman–Crippen MR) is 77.9 cm³/mol. The van der Waals surface area contributed by atoms with Crippen LogP contribution in [0.4, 0.5) is 15.9 Å². The molecule has 7 nitrogen and oxygen atoms in total. The Labute approximate surface area is 125 Å². The van der Waals surface area contributed by atoms with Gasteiger partial charge in [-0.1, -0.05) is 0 Å².